The van der Waals surface area contributed by atoms with Crippen molar-refractivity contribution >= 4 is 27.6 Å². The molecule has 8 heteroatoms. The van der Waals surface area contributed by atoms with Crippen molar-refractivity contribution < 1.29 is 22.7 Å². The normalized spacial score (nSPS) is 19.0. The Kier molecular flexibility index (Phi) is 7.00. The van der Waals surface area contributed by atoms with Gasteiger partial charge in [-0.1, -0.05) is 31.5 Å². The van der Waals surface area contributed by atoms with Crippen molar-refractivity contribution in [3.05, 3.63) is 59.7 Å². The van der Waals surface area contributed by atoms with Gasteiger partial charge in [0.2, 0.25) is 0 Å². The lowest BCUT2D eigenvalue weighted by Crippen LogP contribution is -2.44. The third-order valence-corrected chi connectivity index (χ3v) is 6.65. The van der Waals surface area contributed by atoms with E-state index in [2.05, 4.69) is 18.6 Å². The van der Waals surface area contributed by atoms with Crippen LogP contribution in [0.2, 0.25) is 0 Å². The molecule has 0 aromatic heterocycles. The van der Waals surface area contributed by atoms with Crippen LogP contribution in [-0.4, -0.2) is 44.9 Å². The van der Waals surface area contributed by atoms with Gasteiger partial charge < -0.3 is 9.64 Å². The number of hydrogen-bond donors (Lipinski definition) is 1. The highest BCUT2D eigenvalue weighted by atomic mass is 32.2. The number of esters is 1. The van der Waals surface area contributed by atoms with Gasteiger partial charge in [-0.15, -0.1) is 0 Å². The molecule has 0 spiro atoms. The van der Waals surface area contributed by atoms with Gasteiger partial charge in [0.25, 0.3) is 15.9 Å². The van der Waals surface area contributed by atoms with Crippen LogP contribution in [0.4, 0.5) is 5.69 Å². The zero-order chi connectivity index (χ0) is 22.6. The summed E-state index contributed by atoms with van der Waals surface area (Å²) in [5.74, 6) is -0.0343. The number of carbonyl (C=O) groups excluding carboxylic acids is 2. The molecular weight excluding hydrogens is 416 g/mol. The fourth-order valence-corrected chi connectivity index (χ4v) is 4.83. The first-order valence-corrected chi connectivity index (χ1v) is 11.8. The van der Waals surface area contributed by atoms with Gasteiger partial charge in [-0.05, 0) is 61.6 Å². The fraction of sp³-hybridized carbons (Fsp3) is 0.391. The molecule has 1 saturated heterocycles. The molecule has 166 valence electrons. The van der Waals surface area contributed by atoms with Crippen molar-refractivity contribution in [1.29, 1.82) is 0 Å². The lowest BCUT2D eigenvalue weighted by Gasteiger charge is -2.34. The van der Waals surface area contributed by atoms with Crippen molar-refractivity contribution in [2.24, 2.45) is 11.8 Å². The number of sulfonamides is 1. The Hall–Kier alpha value is -2.87. The number of piperidine rings is 1. The van der Waals surface area contributed by atoms with Gasteiger partial charge in [0.05, 0.1) is 10.5 Å². The molecule has 2 atom stereocenters. The number of nitrogens with zero attached hydrogens (tertiary/aromatic N) is 1. The number of amides is 1. The Morgan fingerprint density at radius 3 is 2.16 bits per heavy atom. The number of ether oxygens (including phenoxy) is 1. The van der Waals surface area contributed by atoms with Crippen LogP contribution >= 0.6 is 0 Å². The van der Waals surface area contributed by atoms with Gasteiger partial charge in [0.15, 0.2) is 6.61 Å². The number of benzene rings is 2. The van der Waals surface area contributed by atoms with E-state index in [9.17, 15) is 18.0 Å². The molecule has 0 bridgehead atoms. The van der Waals surface area contributed by atoms with E-state index in [1.165, 1.54) is 24.3 Å². The van der Waals surface area contributed by atoms with E-state index in [1.54, 1.807) is 17.0 Å². The van der Waals surface area contributed by atoms with E-state index in [0.717, 1.165) is 12.0 Å². The lowest BCUT2D eigenvalue weighted by atomic mass is 9.92. The molecule has 7 nitrogen and oxygen atoms in total. The lowest BCUT2D eigenvalue weighted by molar-refractivity contribution is -0.137. The first-order chi connectivity index (χ1) is 14.6. The molecule has 31 heavy (non-hydrogen) atoms. The third-order valence-electron chi connectivity index (χ3n) is 5.25. The summed E-state index contributed by atoms with van der Waals surface area (Å²) in [6.07, 6.45) is 1.08. The molecule has 1 aliphatic rings. The van der Waals surface area contributed by atoms with Gasteiger partial charge in [-0.2, -0.15) is 0 Å². The summed E-state index contributed by atoms with van der Waals surface area (Å²) in [4.78, 5) is 26.4. The zero-order valence-corrected chi connectivity index (χ0v) is 18.8. The van der Waals surface area contributed by atoms with Crippen LogP contribution in [0.25, 0.3) is 0 Å². The topological polar surface area (TPSA) is 92.8 Å². The van der Waals surface area contributed by atoms with E-state index in [1.807, 2.05) is 19.1 Å². The van der Waals surface area contributed by atoms with Crippen molar-refractivity contribution in [2.75, 3.05) is 24.4 Å². The van der Waals surface area contributed by atoms with Gasteiger partial charge in [0.1, 0.15) is 0 Å². The van der Waals surface area contributed by atoms with Crippen molar-refractivity contribution in [2.45, 2.75) is 32.1 Å². The summed E-state index contributed by atoms with van der Waals surface area (Å²) in [6, 6.07) is 12.4. The SMILES string of the molecule is Cc1ccc(NS(=O)(=O)c2ccc(C(=O)OCC(=O)N3C[C@H](C)C[C@@H](C)C3)cc2)cc1. The summed E-state index contributed by atoms with van der Waals surface area (Å²) >= 11 is 0. The molecule has 0 radical (unpaired) electrons. The van der Waals surface area contributed by atoms with E-state index in [0.29, 0.717) is 30.6 Å². The standard InChI is InChI=1S/C23H28N2O5S/c1-16-4-8-20(9-5-16)24-31(28,29)21-10-6-19(7-11-21)23(27)30-15-22(26)25-13-17(2)12-18(3)14-25/h4-11,17-18,24H,12-15H2,1-3H3/t17-,18-/m1/s1. The summed E-state index contributed by atoms with van der Waals surface area (Å²) < 4.78 is 32.7. The minimum Gasteiger partial charge on any atom is -0.452 e. The monoisotopic (exact) mass is 444 g/mol. The molecule has 2 aromatic rings. The van der Waals surface area contributed by atoms with Gasteiger partial charge in [0, 0.05) is 18.8 Å². The molecule has 0 aliphatic carbocycles. The maximum atomic E-state index is 12.5. The maximum Gasteiger partial charge on any atom is 0.338 e. The van der Waals surface area contributed by atoms with Crippen molar-refractivity contribution in [3.8, 4) is 0 Å². The number of aryl methyl sites for hydroxylation is 1. The van der Waals surface area contributed by atoms with Gasteiger partial charge >= 0.3 is 5.97 Å². The van der Waals surface area contributed by atoms with Crippen LogP contribution in [0, 0.1) is 18.8 Å². The Morgan fingerprint density at radius 2 is 1.58 bits per heavy atom. The number of nitrogens with one attached hydrogen (secondary N) is 1. The van der Waals surface area contributed by atoms with Crippen LogP contribution < -0.4 is 4.72 Å². The third kappa shape index (κ3) is 6.07. The largest absolute Gasteiger partial charge is 0.452 e. The van der Waals surface area contributed by atoms with Crippen molar-refractivity contribution in [3.63, 3.8) is 0 Å². The average Bonchev–Trinajstić information content (AvgIpc) is 2.72. The Labute approximate surface area is 183 Å². The highest BCUT2D eigenvalue weighted by Crippen LogP contribution is 2.21. The highest BCUT2D eigenvalue weighted by Gasteiger charge is 2.26. The van der Waals surface area contributed by atoms with Crippen LogP contribution in [-0.2, 0) is 19.6 Å². The number of anilines is 1. The van der Waals surface area contributed by atoms with Crippen LogP contribution in [0.1, 0.15) is 36.2 Å². The molecule has 1 amide bonds. The molecular formula is C23H28N2O5S. The quantitative estimate of drug-likeness (QED) is 0.689. The predicted octanol–water partition coefficient (Wildman–Crippen LogP) is 3.46. The van der Waals surface area contributed by atoms with Crippen LogP contribution in [0.15, 0.2) is 53.4 Å². The molecule has 1 aliphatic heterocycles. The average molecular weight is 445 g/mol. The summed E-state index contributed by atoms with van der Waals surface area (Å²) in [6.45, 7) is 7.13. The minimum atomic E-state index is -3.78. The molecule has 0 saturated carbocycles. The zero-order valence-electron chi connectivity index (χ0n) is 18.0. The van der Waals surface area contributed by atoms with E-state index < -0.39 is 16.0 Å². The van der Waals surface area contributed by atoms with Crippen molar-refractivity contribution in [1.82, 2.24) is 4.90 Å². The molecule has 3 rings (SSSR count). The summed E-state index contributed by atoms with van der Waals surface area (Å²) in [5.41, 5.74) is 1.66. The first kappa shape index (κ1) is 22.8. The van der Waals surface area contributed by atoms with Gasteiger partial charge in [-0.25, -0.2) is 13.2 Å². The second-order valence-electron chi connectivity index (χ2n) is 8.32. The number of rotatable bonds is 6. The predicted molar refractivity (Wildman–Crippen MR) is 118 cm³/mol. The van der Waals surface area contributed by atoms with E-state index in [4.69, 9.17) is 4.74 Å². The molecule has 1 N–H and O–H groups in total. The summed E-state index contributed by atoms with van der Waals surface area (Å²) in [7, 11) is -3.78. The van der Waals surface area contributed by atoms with Crippen LogP contribution in [0.3, 0.4) is 0 Å². The molecule has 2 aromatic carbocycles. The Balaban J connectivity index is 1.58. The fourth-order valence-electron chi connectivity index (χ4n) is 3.77. The van der Waals surface area contributed by atoms with E-state index in [-0.39, 0.29) is 23.0 Å². The summed E-state index contributed by atoms with van der Waals surface area (Å²) in [5, 5.41) is 0. The second kappa shape index (κ2) is 9.51. The highest BCUT2D eigenvalue weighted by molar-refractivity contribution is 7.92. The second-order valence-corrected chi connectivity index (χ2v) is 10.00. The first-order valence-electron chi connectivity index (χ1n) is 10.3. The van der Waals surface area contributed by atoms with E-state index >= 15 is 0 Å². The number of hydrogen-bond acceptors (Lipinski definition) is 5. The molecule has 1 heterocycles. The smallest absolute Gasteiger partial charge is 0.338 e. The van der Waals surface area contributed by atoms with Gasteiger partial charge in [-0.3, -0.25) is 9.52 Å². The minimum absolute atomic E-state index is 0.0250. The van der Waals surface area contributed by atoms with Crippen LogP contribution in [0.5, 0.6) is 0 Å². The maximum absolute atomic E-state index is 12.5. The number of likely N-dealkylation sites (tertiary alicyclic amines) is 1. The number of carbonyl (C=O) groups is 2. The Morgan fingerprint density at radius 1 is 1.00 bits per heavy atom. The molecule has 0 unspecified atom stereocenters. The molecule has 1 fully saturated rings. The Bertz CT molecular complexity index is 1020.